The molecule has 5 heteroatoms. The molecule has 0 bridgehead atoms. The first-order valence-corrected chi connectivity index (χ1v) is 6.40. The van der Waals surface area contributed by atoms with Crippen LogP contribution >= 0.6 is 0 Å². The second-order valence-corrected chi connectivity index (χ2v) is 4.76. The predicted octanol–water partition coefficient (Wildman–Crippen LogP) is 2.05. The van der Waals surface area contributed by atoms with Crippen molar-refractivity contribution < 1.29 is 19.1 Å². The van der Waals surface area contributed by atoms with E-state index in [1.807, 2.05) is 0 Å². The van der Waals surface area contributed by atoms with Gasteiger partial charge in [0.1, 0.15) is 5.76 Å². The molecule has 2 rings (SSSR count). The van der Waals surface area contributed by atoms with Crippen molar-refractivity contribution in [2.45, 2.75) is 31.7 Å². The number of hydrogen-bond acceptors (Lipinski definition) is 3. The number of amides is 1. The van der Waals surface area contributed by atoms with Crippen LogP contribution in [0.1, 0.15) is 31.4 Å². The van der Waals surface area contributed by atoms with Gasteiger partial charge in [0.25, 0.3) is 0 Å². The van der Waals surface area contributed by atoms with Crippen LogP contribution in [0.4, 0.5) is 0 Å². The summed E-state index contributed by atoms with van der Waals surface area (Å²) in [6.07, 6.45) is 7.42. The van der Waals surface area contributed by atoms with Crippen molar-refractivity contribution in [2.75, 3.05) is 0 Å². The summed E-state index contributed by atoms with van der Waals surface area (Å²) in [6.45, 7) is 0. The largest absolute Gasteiger partial charge is 0.481 e. The van der Waals surface area contributed by atoms with Crippen molar-refractivity contribution in [1.82, 2.24) is 5.32 Å². The molecule has 102 valence electrons. The number of furan rings is 1. The van der Waals surface area contributed by atoms with Crippen molar-refractivity contribution in [3.05, 3.63) is 30.2 Å². The fourth-order valence-corrected chi connectivity index (χ4v) is 2.34. The first-order chi connectivity index (χ1) is 9.15. The number of aliphatic carboxylic acids is 1. The minimum absolute atomic E-state index is 0.0522. The molecule has 0 radical (unpaired) electrons. The molecule has 1 fully saturated rings. The molecule has 1 heterocycles. The first-order valence-electron chi connectivity index (χ1n) is 6.40. The third-order valence-electron chi connectivity index (χ3n) is 3.31. The number of hydrogen-bond donors (Lipinski definition) is 2. The third-order valence-corrected chi connectivity index (χ3v) is 3.31. The quantitative estimate of drug-likeness (QED) is 0.815. The fraction of sp³-hybridized carbons (Fsp3) is 0.429. The molecule has 5 nitrogen and oxygen atoms in total. The zero-order valence-corrected chi connectivity index (χ0v) is 10.5. The summed E-state index contributed by atoms with van der Waals surface area (Å²) in [6, 6.07) is 3.45. The van der Waals surface area contributed by atoms with E-state index in [0.29, 0.717) is 18.6 Å². The first kappa shape index (κ1) is 13.4. The molecule has 1 aromatic heterocycles. The van der Waals surface area contributed by atoms with Gasteiger partial charge in [0.2, 0.25) is 5.91 Å². The Kier molecular flexibility index (Phi) is 4.39. The SMILES string of the molecule is O=C(C=Cc1ccco1)NC1CCCC(C(=O)O)C1. The van der Waals surface area contributed by atoms with Gasteiger partial charge in [-0.3, -0.25) is 9.59 Å². The van der Waals surface area contributed by atoms with Gasteiger partial charge in [-0.2, -0.15) is 0 Å². The zero-order valence-electron chi connectivity index (χ0n) is 10.5. The van der Waals surface area contributed by atoms with Gasteiger partial charge in [-0.1, -0.05) is 6.42 Å². The van der Waals surface area contributed by atoms with E-state index < -0.39 is 5.97 Å². The van der Waals surface area contributed by atoms with E-state index in [2.05, 4.69) is 5.32 Å². The van der Waals surface area contributed by atoms with Crippen LogP contribution in [-0.4, -0.2) is 23.0 Å². The summed E-state index contributed by atoms with van der Waals surface area (Å²) in [5.41, 5.74) is 0. The van der Waals surface area contributed by atoms with Crippen molar-refractivity contribution >= 4 is 18.0 Å². The Morgan fingerprint density at radius 2 is 2.26 bits per heavy atom. The lowest BCUT2D eigenvalue weighted by molar-refractivity contribution is -0.143. The molecule has 1 amide bonds. The minimum atomic E-state index is -0.773. The van der Waals surface area contributed by atoms with E-state index in [-0.39, 0.29) is 17.9 Å². The van der Waals surface area contributed by atoms with Gasteiger partial charge in [0, 0.05) is 12.1 Å². The summed E-state index contributed by atoms with van der Waals surface area (Å²) in [7, 11) is 0. The number of nitrogens with one attached hydrogen (secondary N) is 1. The monoisotopic (exact) mass is 263 g/mol. The lowest BCUT2D eigenvalue weighted by Gasteiger charge is -2.26. The van der Waals surface area contributed by atoms with Crippen molar-refractivity contribution in [3.63, 3.8) is 0 Å². The lowest BCUT2D eigenvalue weighted by atomic mass is 9.86. The Bertz CT molecular complexity index is 464. The second kappa shape index (κ2) is 6.22. The molecule has 1 aromatic rings. The standard InChI is InChI=1S/C14H17NO4/c16-13(7-6-12-5-2-8-19-12)15-11-4-1-3-10(9-11)14(17)18/h2,5-8,10-11H,1,3-4,9H2,(H,15,16)(H,17,18). The smallest absolute Gasteiger partial charge is 0.306 e. The van der Waals surface area contributed by atoms with Gasteiger partial charge in [-0.15, -0.1) is 0 Å². The zero-order chi connectivity index (χ0) is 13.7. The Morgan fingerprint density at radius 3 is 2.95 bits per heavy atom. The van der Waals surface area contributed by atoms with E-state index in [1.165, 1.54) is 12.3 Å². The van der Waals surface area contributed by atoms with E-state index in [0.717, 1.165) is 12.8 Å². The molecule has 2 unspecified atom stereocenters. The van der Waals surface area contributed by atoms with E-state index in [1.54, 1.807) is 18.2 Å². The number of carboxylic acid groups (broad SMARTS) is 1. The Morgan fingerprint density at radius 1 is 1.42 bits per heavy atom. The van der Waals surface area contributed by atoms with Crippen LogP contribution in [0.15, 0.2) is 28.9 Å². The predicted molar refractivity (Wildman–Crippen MR) is 69.3 cm³/mol. The number of rotatable bonds is 4. The van der Waals surface area contributed by atoms with Crippen molar-refractivity contribution in [3.8, 4) is 0 Å². The van der Waals surface area contributed by atoms with Crippen LogP contribution < -0.4 is 5.32 Å². The molecule has 0 spiro atoms. The lowest BCUT2D eigenvalue weighted by Crippen LogP contribution is -2.39. The van der Waals surface area contributed by atoms with Crippen LogP contribution in [0.3, 0.4) is 0 Å². The van der Waals surface area contributed by atoms with E-state index in [4.69, 9.17) is 9.52 Å². The van der Waals surface area contributed by atoms with Gasteiger partial charge in [0.05, 0.1) is 12.2 Å². The number of carbonyl (C=O) groups is 2. The summed E-state index contributed by atoms with van der Waals surface area (Å²) in [5, 5.41) is 11.8. The van der Waals surface area contributed by atoms with Gasteiger partial charge in [0.15, 0.2) is 0 Å². The highest BCUT2D eigenvalue weighted by molar-refractivity contribution is 5.91. The Labute approximate surface area is 111 Å². The van der Waals surface area contributed by atoms with Crippen molar-refractivity contribution in [2.24, 2.45) is 5.92 Å². The number of carboxylic acids is 1. The maximum absolute atomic E-state index is 11.7. The molecular formula is C14H17NO4. The van der Waals surface area contributed by atoms with Crippen LogP contribution in [0.2, 0.25) is 0 Å². The minimum Gasteiger partial charge on any atom is -0.481 e. The van der Waals surface area contributed by atoms with Crippen LogP contribution in [0.25, 0.3) is 6.08 Å². The number of carbonyl (C=O) groups excluding carboxylic acids is 1. The van der Waals surface area contributed by atoms with Crippen molar-refractivity contribution in [1.29, 1.82) is 0 Å². The summed E-state index contributed by atoms with van der Waals surface area (Å²) in [5.74, 6) is -0.715. The maximum Gasteiger partial charge on any atom is 0.306 e. The molecule has 1 saturated carbocycles. The molecular weight excluding hydrogens is 246 g/mol. The highest BCUT2D eigenvalue weighted by Gasteiger charge is 2.27. The molecule has 2 atom stereocenters. The summed E-state index contributed by atoms with van der Waals surface area (Å²) < 4.78 is 5.08. The van der Waals surface area contributed by atoms with Gasteiger partial charge >= 0.3 is 5.97 Å². The maximum atomic E-state index is 11.7. The van der Waals surface area contributed by atoms with Crippen LogP contribution in [-0.2, 0) is 9.59 Å². The summed E-state index contributed by atoms with van der Waals surface area (Å²) in [4.78, 5) is 22.6. The second-order valence-electron chi connectivity index (χ2n) is 4.76. The van der Waals surface area contributed by atoms with E-state index in [9.17, 15) is 9.59 Å². The van der Waals surface area contributed by atoms with Gasteiger partial charge in [-0.05, 0) is 37.5 Å². The molecule has 0 aromatic carbocycles. The molecule has 0 saturated heterocycles. The molecule has 1 aliphatic carbocycles. The average Bonchev–Trinajstić information content (AvgIpc) is 2.90. The molecule has 0 aliphatic heterocycles. The normalized spacial score (nSPS) is 23.4. The molecule has 19 heavy (non-hydrogen) atoms. The Balaban J connectivity index is 1.83. The molecule has 1 aliphatic rings. The fourth-order valence-electron chi connectivity index (χ4n) is 2.34. The summed E-state index contributed by atoms with van der Waals surface area (Å²) >= 11 is 0. The van der Waals surface area contributed by atoms with E-state index >= 15 is 0 Å². The van der Waals surface area contributed by atoms with Gasteiger partial charge < -0.3 is 14.8 Å². The van der Waals surface area contributed by atoms with Crippen LogP contribution in [0.5, 0.6) is 0 Å². The topological polar surface area (TPSA) is 79.5 Å². The third kappa shape index (κ3) is 3.98. The molecule has 2 N–H and O–H groups in total. The Hall–Kier alpha value is -2.04. The average molecular weight is 263 g/mol. The highest BCUT2D eigenvalue weighted by atomic mass is 16.4. The highest BCUT2D eigenvalue weighted by Crippen LogP contribution is 2.24. The van der Waals surface area contributed by atoms with Crippen LogP contribution in [0, 0.1) is 5.92 Å². The van der Waals surface area contributed by atoms with Gasteiger partial charge in [-0.25, -0.2) is 0 Å².